The van der Waals surface area contributed by atoms with E-state index >= 15 is 0 Å². The van der Waals surface area contributed by atoms with E-state index in [1.54, 1.807) is 13.8 Å². The number of carbonyl (C=O) groups excluding carboxylic acids is 1. The number of aryl methyl sites for hydroxylation is 4. The number of carbonyl (C=O) groups is 1. The summed E-state index contributed by atoms with van der Waals surface area (Å²) in [5.41, 5.74) is 1.16. The normalized spacial score (nSPS) is 15.9. The minimum absolute atomic E-state index is 0.0000589. The average molecular weight is 436 g/mol. The molecule has 1 fully saturated rings. The van der Waals surface area contributed by atoms with Crippen molar-refractivity contribution in [3.8, 4) is 5.75 Å². The summed E-state index contributed by atoms with van der Waals surface area (Å²) < 4.78 is 39.4. The molecule has 0 aliphatic heterocycles. The van der Waals surface area contributed by atoms with Crippen LogP contribution >= 0.6 is 0 Å². The maximum atomic E-state index is 13.0. The summed E-state index contributed by atoms with van der Waals surface area (Å²) in [5.74, 6) is 0.678. The summed E-state index contributed by atoms with van der Waals surface area (Å²) >= 11 is 0. The number of rotatable bonds is 8. The maximum Gasteiger partial charge on any atom is 0.246 e. The number of nitrogens with zero attached hydrogens (tertiary/aromatic N) is 1. The van der Waals surface area contributed by atoms with Crippen LogP contribution < -0.4 is 14.8 Å². The van der Waals surface area contributed by atoms with Gasteiger partial charge >= 0.3 is 0 Å². The van der Waals surface area contributed by atoms with Gasteiger partial charge in [-0.25, -0.2) is 8.42 Å². The largest absolute Gasteiger partial charge is 0.491 e. The zero-order valence-corrected chi connectivity index (χ0v) is 18.7. The van der Waals surface area contributed by atoms with E-state index in [0.29, 0.717) is 19.4 Å². The highest BCUT2D eigenvalue weighted by Crippen LogP contribution is 2.32. The molecule has 8 nitrogen and oxygen atoms in total. The van der Waals surface area contributed by atoms with Gasteiger partial charge in [-0.1, -0.05) is 36.2 Å². The Morgan fingerprint density at radius 1 is 1.17 bits per heavy atom. The van der Waals surface area contributed by atoms with Crippen molar-refractivity contribution in [1.29, 1.82) is 0 Å². The van der Waals surface area contributed by atoms with E-state index in [-0.39, 0.29) is 28.8 Å². The quantitative estimate of drug-likeness (QED) is 0.617. The molecule has 1 heterocycles. The minimum atomic E-state index is -3.95. The molecule has 0 saturated heterocycles. The van der Waals surface area contributed by atoms with Gasteiger partial charge in [0.2, 0.25) is 15.9 Å². The fourth-order valence-corrected chi connectivity index (χ4v) is 5.79. The van der Waals surface area contributed by atoms with Gasteiger partial charge in [0.15, 0.2) is 5.76 Å². The number of benzene rings is 1. The SMILES string of the molecule is Cc1cccc(C)c1OCCNC(=O)C1(NS(=O)(=O)c2c(C)noc2C)CCCC1. The van der Waals surface area contributed by atoms with Gasteiger partial charge in [0.1, 0.15) is 28.5 Å². The molecular formula is C21H29N3O5S. The lowest BCUT2D eigenvalue weighted by atomic mass is 9.98. The number of hydrogen-bond donors (Lipinski definition) is 2. The molecule has 30 heavy (non-hydrogen) atoms. The molecule has 0 radical (unpaired) electrons. The zero-order valence-electron chi connectivity index (χ0n) is 17.9. The predicted octanol–water partition coefficient (Wildman–Crippen LogP) is 2.69. The van der Waals surface area contributed by atoms with Gasteiger partial charge in [0.05, 0.1) is 6.54 Å². The highest BCUT2D eigenvalue weighted by molar-refractivity contribution is 7.89. The van der Waals surface area contributed by atoms with Gasteiger partial charge in [-0.3, -0.25) is 4.79 Å². The summed E-state index contributed by atoms with van der Waals surface area (Å²) in [7, 11) is -3.95. The molecular weight excluding hydrogens is 406 g/mol. The highest BCUT2D eigenvalue weighted by atomic mass is 32.2. The molecule has 0 spiro atoms. The van der Waals surface area contributed by atoms with Gasteiger partial charge in [-0.05, 0) is 51.7 Å². The van der Waals surface area contributed by atoms with Crippen molar-refractivity contribution >= 4 is 15.9 Å². The van der Waals surface area contributed by atoms with Crippen LogP contribution in [0.2, 0.25) is 0 Å². The van der Waals surface area contributed by atoms with E-state index in [2.05, 4.69) is 15.2 Å². The van der Waals surface area contributed by atoms with Crippen LogP contribution in [-0.4, -0.2) is 38.2 Å². The molecule has 0 bridgehead atoms. The molecule has 1 aliphatic rings. The minimum Gasteiger partial charge on any atom is -0.491 e. The van der Waals surface area contributed by atoms with Crippen LogP contribution in [0.5, 0.6) is 5.75 Å². The van der Waals surface area contributed by atoms with Crippen LogP contribution in [0.15, 0.2) is 27.6 Å². The molecule has 0 unspecified atom stereocenters. The Morgan fingerprint density at radius 2 is 1.80 bits per heavy atom. The van der Waals surface area contributed by atoms with Crippen LogP contribution in [0.3, 0.4) is 0 Å². The van der Waals surface area contributed by atoms with Gasteiger partial charge in [0, 0.05) is 0 Å². The Bertz CT molecular complexity index is 984. The lowest BCUT2D eigenvalue weighted by molar-refractivity contribution is -0.126. The Kier molecular flexibility index (Phi) is 6.52. The molecule has 1 aliphatic carbocycles. The monoisotopic (exact) mass is 435 g/mol. The van der Waals surface area contributed by atoms with E-state index in [1.165, 1.54) is 0 Å². The van der Waals surface area contributed by atoms with Crippen molar-refractivity contribution in [2.24, 2.45) is 0 Å². The van der Waals surface area contributed by atoms with E-state index in [0.717, 1.165) is 29.7 Å². The second-order valence-corrected chi connectivity index (χ2v) is 9.49. The Labute approximate surface area is 177 Å². The first-order valence-corrected chi connectivity index (χ1v) is 11.6. The number of hydrogen-bond acceptors (Lipinski definition) is 6. The third-order valence-corrected chi connectivity index (χ3v) is 7.28. The van der Waals surface area contributed by atoms with Crippen LogP contribution in [0.4, 0.5) is 0 Å². The number of ether oxygens (including phenoxy) is 1. The van der Waals surface area contributed by atoms with E-state index in [4.69, 9.17) is 9.26 Å². The molecule has 164 valence electrons. The fraction of sp³-hybridized carbons (Fsp3) is 0.524. The van der Waals surface area contributed by atoms with E-state index in [1.807, 2.05) is 32.0 Å². The standard InChI is InChI=1S/C21H29N3O5S/c1-14-8-7-9-15(2)18(14)28-13-12-22-20(25)21(10-5-6-11-21)24-30(26,27)19-16(3)23-29-17(19)4/h7-9,24H,5-6,10-13H2,1-4H3,(H,22,25). The second-order valence-electron chi connectivity index (χ2n) is 7.87. The smallest absolute Gasteiger partial charge is 0.246 e. The van der Waals surface area contributed by atoms with Crippen molar-refractivity contribution < 1.29 is 22.5 Å². The molecule has 9 heteroatoms. The summed E-state index contributed by atoms with van der Waals surface area (Å²) in [4.78, 5) is 13.0. The van der Waals surface area contributed by atoms with Crippen LogP contribution in [0.1, 0.15) is 48.3 Å². The molecule has 1 aromatic heterocycles. The number of amides is 1. The number of nitrogens with one attached hydrogen (secondary N) is 2. The zero-order chi connectivity index (χ0) is 21.9. The van der Waals surface area contributed by atoms with Crippen molar-refractivity contribution in [2.75, 3.05) is 13.2 Å². The summed E-state index contributed by atoms with van der Waals surface area (Å²) in [5, 5.41) is 6.56. The molecule has 2 aromatic rings. The van der Waals surface area contributed by atoms with Crippen molar-refractivity contribution in [2.45, 2.75) is 63.8 Å². The molecule has 1 aromatic carbocycles. The van der Waals surface area contributed by atoms with Gasteiger partial charge in [-0.15, -0.1) is 0 Å². The van der Waals surface area contributed by atoms with Crippen molar-refractivity contribution in [3.05, 3.63) is 40.8 Å². The topological polar surface area (TPSA) is 111 Å². The lowest BCUT2D eigenvalue weighted by Crippen LogP contribution is -2.57. The van der Waals surface area contributed by atoms with E-state index < -0.39 is 15.6 Å². The Morgan fingerprint density at radius 3 is 2.37 bits per heavy atom. The highest BCUT2D eigenvalue weighted by Gasteiger charge is 2.45. The molecule has 3 rings (SSSR count). The maximum absolute atomic E-state index is 13.0. The van der Waals surface area contributed by atoms with Crippen molar-refractivity contribution in [1.82, 2.24) is 15.2 Å². The predicted molar refractivity (Wildman–Crippen MR) is 112 cm³/mol. The Balaban J connectivity index is 1.66. The fourth-order valence-electron chi connectivity index (χ4n) is 4.03. The van der Waals surface area contributed by atoms with E-state index in [9.17, 15) is 13.2 Å². The number of para-hydroxylation sites is 1. The molecule has 1 saturated carbocycles. The van der Waals surface area contributed by atoms with Gasteiger partial charge in [0.25, 0.3) is 0 Å². The summed E-state index contributed by atoms with van der Waals surface area (Å²) in [6.07, 6.45) is 2.44. The van der Waals surface area contributed by atoms with Crippen molar-refractivity contribution in [3.63, 3.8) is 0 Å². The Hall–Kier alpha value is -2.39. The van der Waals surface area contributed by atoms with Gasteiger partial charge < -0.3 is 14.6 Å². The van der Waals surface area contributed by atoms with Gasteiger partial charge in [-0.2, -0.15) is 4.72 Å². The van der Waals surface area contributed by atoms with Crippen LogP contribution in [-0.2, 0) is 14.8 Å². The number of aromatic nitrogens is 1. The third kappa shape index (κ3) is 4.52. The molecule has 0 atom stereocenters. The first-order valence-electron chi connectivity index (χ1n) is 10.1. The number of sulfonamides is 1. The van der Waals surface area contributed by atoms with Crippen LogP contribution in [0, 0.1) is 27.7 Å². The second kappa shape index (κ2) is 8.77. The average Bonchev–Trinajstić information content (AvgIpc) is 3.27. The third-order valence-electron chi connectivity index (χ3n) is 5.50. The summed E-state index contributed by atoms with van der Waals surface area (Å²) in [6, 6.07) is 5.91. The summed E-state index contributed by atoms with van der Waals surface area (Å²) in [6.45, 7) is 7.62. The lowest BCUT2D eigenvalue weighted by Gasteiger charge is -2.28. The first kappa shape index (κ1) is 22.3. The first-order chi connectivity index (χ1) is 14.2. The molecule has 2 N–H and O–H groups in total. The van der Waals surface area contributed by atoms with Crippen LogP contribution in [0.25, 0.3) is 0 Å². The molecule has 1 amide bonds.